The molecule has 0 aliphatic carbocycles. The number of aliphatic hydroxyl groups is 4. The molecule has 8 heteroatoms. The van der Waals surface area contributed by atoms with E-state index in [4.69, 9.17) is 9.84 Å². The Balaban J connectivity index is 3.16. The van der Waals surface area contributed by atoms with E-state index in [0.29, 0.717) is 0 Å². The second kappa shape index (κ2) is 5.92. The van der Waals surface area contributed by atoms with Crippen molar-refractivity contribution in [3.05, 3.63) is 0 Å². The fourth-order valence-electron chi connectivity index (χ4n) is 2.49. The third-order valence-corrected chi connectivity index (χ3v) is 6.72. The lowest BCUT2D eigenvalue weighted by atomic mass is 9.66. The highest BCUT2D eigenvalue weighted by molar-refractivity contribution is 8.00. The Morgan fingerprint density at radius 1 is 1.18 bits per heavy atom. The lowest BCUT2D eigenvalue weighted by Gasteiger charge is -2.61. The van der Waals surface area contributed by atoms with Gasteiger partial charge in [-0.1, -0.05) is 6.92 Å². The monoisotopic (exact) mass is 338 g/mol. The van der Waals surface area contributed by atoms with Gasteiger partial charge < -0.3 is 30.3 Å². The third kappa shape index (κ3) is 2.76. The van der Waals surface area contributed by atoms with E-state index in [0.717, 1.165) is 11.8 Å². The second-order valence-electron chi connectivity index (χ2n) is 6.58. The number of aliphatic hydroxyl groups excluding tert-OH is 1. The van der Waals surface area contributed by atoms with E-state index in [1.165, 1.54) is 34.6 Å². The Morgan fingerprint density at radius 2 is 1.68 bits per heavy atom. The van der Waals surface area contributed by atoms with Crippen molar-refractivity contribution in [3.8, 4) is 0 Å². The van der Waals surface area contributed by atoms with Gasteiger partial charge in [0.2, 0.25) is 0 Å². The topological polar surface area (TPSA) is 127 Å². The van der Waals surface area contributed by atoms with E-state index in [1.807, 2.05) is 0 Å². The van der Waals surface area contributed by atoms with Crippen LogP contribution in [0.3, 0.4) is 0 Å². The number of thioether (sulfide) groups is 1. The molecule has 22 heavy (non-hydrogen) atoms. The lowest BCUT2D eigenvalue weighted by Crippen LogP contribution is -2.80. The van der Waals surface area contributed by atoms with E-state index in [-0.39, 0.29) is 5.75 Å². The summed E-state index contributed by atoms with van der Waals surface area (Å²) in [5.74, 6) is -1.52. The number of carbonyl (C=O) groups is 1. The van der Waals surface area contributed by atoms with Crippen molar-refractivity contribution in [1.29, 1.82) is 0 Å². The molecule has 0 spiro atoms. The number of aliphatic carboxylic acids is 1. The number of carboxylic acids is 1. The molecule has 130 valence electrons. The molecule has 5 N–H and O–H groups in total. The Kier molecular flexibility index (Phi) is 5.29. The normalized spacial score (nSPS) is 47.2. The highest BCUT2D eigenvalue weighted by Crippen LogP contribution is 2.53. The van der Waals surface area contributed by atoms with Gasteiger partial charge in [-0.2, -0.15) is 0 Å². The van der Waals surface area contributed by atoms with Crippen molar-refractivity contribution in [3.63, 3.8) is 0 Å². The molecular weight excluding hydrogens is 312 g/mol. The SMILES string of the molecule is C[C@@H](CSC1(C)OC(CO)C(C)(O)C(C)(O)C1(C)O)C(=O)O. The third-order valence-electron chi connectivity index (χ3n) is 5.01. The van der Waals surface area contributed by atoms with Crippen molar-refractivity contribution in [2.75, 3.05) is 12.4 Å². The van der Waals surface area contributed by atoms with E-state index in [2.05, 4.69) is 0 Å². The van der Waals surface area contributed by atoms with Gasteiger partial charge in [0.05, 0.1) is 12.5 Å². The van der Waals surface area contributed by atoms with Crippen molar-refractivity contribution < 1.29 is 35.1 Å². The molecule has 0 aromatic heterocycles. The summed E-state index contributed by atoms with van der Waals surface area (Å²) in [5, 5.41) is 50.5. The van der Waals surface area contributed by atoms with Crippen LogP contribution >= 0.6 is 11.8 Å². The van der Waals surface area contributed by atoms with Crippen LogP contribution in [0.15, 0.2) is 0 Å². The Bertz CT molecular complexity index is 435. The Hall–Kier alpha value is -0.380. The van der Waals surface area contributed by atoms with E-state index < -0.39 is 46.3 Å². The van der Waals surface area contributed by atoms with Gasteiger partial charge in [-0.15, -0.1) is 11.8 Å². The van der Waals surface area contributed by atoms with Crippen LogP contribution in [0.4, 0.5) is 0 Å². The Morgan fingerprint density at radius 3 is 2.09 bits per heavy atom. The summed E-state index contributed by atoms with van der Waals surface area (Å²) in [6, 6.07) is 0. The fraction of sp³-hybridized carbons (Fsp3) is 0.929. The zero-order valence-electron chi connectivity index (χ0n) is 13.5. The highest BCUT2D eigenvalue weighted by atomic mass is 32.2. The van der Waals surface area contributed by atoms with Gasteiger partial charge in [0.25, 0.3) is 0 Å². The minimum Gasteiger partial charge on any atom is -0.481 e. The predicted molar refractivity (Wildman–Crippen MR) is 81.5 cm³/mol. The molecule has 0 radical (unpaired) electrons. The predicted octanol–water partition coefficient (Wildman–Crippen LogP) is -0.199. The Labute approximate surface area is 134 Å². The first-order chi connectivity index (χ1) is 9.74. The van der Waals surface area contributed by atoms with E-state index in [9.17, 15) is 25.2 Å². The molecule has 0 saturated carbocycles. The van der Waals surface area contributed by atoms with Crippen LogP contribution in [0, 0.1) is 5.92 Å². The number of ether oxygens (including phenoxy) is 1. The van der Waals surface area contributed by atoms with Crippen LogP contribution in [0.2, 0.25) is 0 Å². The smallest absolute Gasteiger partial charge is 0.307 e. The standard InChI is InChI=1S/C14H26O7S/c1-8(10(16)17)7-22-14(5)13(4,20)12(3,19)11(2,18)9(6-15)21-14/h8-9,15,18-20H,6-7H2,1-5H3,(H,16,17)/t8-,9?,11?,12?,13?,14?/m0/s1. The average Bonchev–Trinajstić information content (AvgIpc) is 2.39. The molecule has 1 heterocycles. The minimum atomic E-state index is -1.99. The van der Waals surface area contributed by atoms with Crippen LogP contribution in [-0.4, -0.2) is 71.7 Å². The van der Waals surface area contributed by atoms with Crippen LogP contribution in [-0.2, 0) is 9.53 Å². The second-order valence-corrected chi connectivity index (χ2v) is 7.98. The summed E-state index contributed by atoms with van der Waals surface area (Å²) < 4.78 is 5.68. The molecule has 0 aromatic carbocycles. The quantitative estimate of drug-likeness (QED) is 0.466. The van der Waals surface area contributed by atoms with Crippen LogP contribution in [0.5, 0.6) is 0 Å². The first-order valence-corrected chi connectivity index (χ1v) is 8.05. The van der Waals surface area contributed by atoms with Crippen molar-refractivity contribution >= 4 is 17.7 Å². The molecular formula is C14H26O7S. The van der Waals surface area contributed by atoms with Crippen LogP contribution in [0.25, 0.3) is 0 Å². The molecule has 0 aromatic rings. The summed E-state index contributed by atoms with van der Waals surface area (Å²) >= 11 is 1.03. The number of rotatable bonds is 5. The number of carboxylic acid groups (broad SMARTS) is 1. The van der Waals surface area contributed by atoms with Crippen molar-refractivity contribution in [2.45, 2.75) is 62.5 Å². The highest BCUT2D eigenvalue weighted by Gasteiger charge is 2.70. The van der Waals surface area contributed by atoms with Gasteiger partial charge in [0, 0.05) is 5.75 Å². The fourth-order valence-corrected chi connectivity index (χ4v) is 3.87. The maximum absolute atomic E-state index is 10.9. The summed E-state index contributed by atoms with van der Waals surface area (Å²) in [6.07, 6.45) is -1.12. The lowest BCUT2D eigenvalue weighted by molar-refractivity contribution is -0.349. The first kappa shape index (κ1) is 19.7. The van der Waals surface area contributed by atoms with E-state index >= 15 is 0 Å². The zero-order valence-corrected chi connectivity index (χ0v) is 14.3. The summed E-state index contributed by atoms with van der Waals surface area (Å²) in [6.45, 7) is 6.37. The molecule has 1 rings (SSSR count). The molecule has 1 aliphatic heterocycles. The molecule has 5 unspecified atom stereocenters. The molecule has 7 nitrogen and oxygen atoms in total. The first-order valence-electron chi connectivity index (χ1n) is 7.07. The number of hydrogen-bond acceptors (Lipinski definition) is 7. The van der Waals surface area contributed by atoms with Gasteiger partial charge in [0.15, 0.2) is 0 Å². The van der Waals surface area contributed by atoms with Gasteiger partial charge in [-0.3, -0.25) is 4.79 Å². The summed E-state index contributed by atoms with van der Waals surface area (Å²) in [4.78, 5) is 9.54. The average molecular weight is 338 g/mol. The van der Waals surface area contributed by atoms with Gasteiger partial charge in [-0.05, 0) is 27.7 Å². The van der Waals surface area contributed by atoms with E-state index in [1.54, 1.807) is 0 Å². The van der Waals surface area contributed by atoms with Crippen LogP contribution in [0.1, 0.15) is 34.6 Å². The molecule has 0 amide bonds. The number of hydrogen-bond donors (Lipinski definition) is 5. The van der Waals surface area contributed by atoms with Gasteiger partial charge in [-0.25, -0.2) is 0 Å². The molecule has 1 saturated heterocycles. The van der Waals surface area contributed by atoms with Crippen LogP contribution < -0.4 is 0 Å². The van der Waals surface area contributed by atoms with Gasteiger partial charge in [0.1, 0.15) is 27.8 Å². The minimum absolute atomic E-state index is 0.137. The maximum atomic E-state index is 10.9. The maximum Gasteiger partial charge on any atom is 0.307 e. The van der Waals surface area contributed by atoms with Crippen molar-refractivity contribution in [1.82, 2.24) is 0 Å². The molecule has 6 atom stereocenters. The summed E-state index contributed by atoms with van der Waals surface area (Å²) in [7, 11) is 0. The van der Waals surface area contributed by atoms with Crippen molar-refractivity contribution in [2.24, 2.45) is 5.92 Å². The molecule has 1 aliphatic rings. The van der Waals surface area contributed by atoms with Gasteiger partial charge >= 0.3 is 5.97 Å². The zero-order chi connectivity index (χ0) is 17.6. The molecule has 1 fully saturated rings. The summed E-state index contributed by atoms with van der Waals surface area (Å²) in [5.41, 5.74) is -5.76. The largest absolute Gasteiger partial charge is 0.481 e. The molecule has 0 bridgehead atoms.